The summed E-state index contributed by atoms with van der Waals surface area (Å²) < 4.78 is 11.4. The molecule has 0 aliphatic carbocycles. The zero-order chi connectivity index (χ0) is 23.1. The molecule has 0 saturated carbocycles. The molecule has 0 bridgehead atoms. The van der Waals surface area contributed by atoms with Crippen LogP contribution in [-0.4, -0.2) is 73.4 Å². The molecule has 3 rings (SSSR count). The molecule has 1 N–H and O–H groups in total. The summed E-state index contributed by atoms with van der Waals surface area (Å²) in [6, 6.07) is 10.0. The van der Waals surface area contributed by atoms with Gasteiger partial charge in [0.2, 0.25) is 5.91 Å². The number of amides is 1. The number of benzene rings is 1. The third kappa shape index (κ3) is 6.54. The first-order valence-electron chi connectivity index (χ1n) is 11.3. The zero-order valence-electron chi connectivity index (χ0n) is 19.6. The van der Waals surface area contributed by atoms with E-state index >= 15 is 0 Å². The molecule has 0 radical (unpaired) electrons. The summed E-state index contributed by atoms with van der Waals surface area (Å²) >= 11 is 1.75. The Morgan fingerprint density at radius 2 is 2.16 bits per heavy atom. The van der Waals surface area contributed by atoms with E-state index in [9.17, 15) is 9.90 Å². The molecule has 1 aliphatic heterocycles. The van der Waals surface area contributed by atoms with Crippen LogP contribution in [-0.2, 0) is 16.0 Å². The van der Waals surface area contributed by atoms with Crippen molar-refractivity contribution in [1.82, 2.24) is 9.80 Å². The van der Waals surface area contributed by atoms with Crippen LogP contribution in [0.3, 0.4) is 0 Å². The molecule has 7 heteroatoms. The molecule has 0 fully saturated rings. The number of carbonyl (C=O) groups excluding carboxylic acids is 1. The third-order valence-corrected chi connectivity index (χ3v) is 6.99. The van der Waals surface area contributed by atoms with Crippen LogP contribution in [0.15, 0.2) is 35.7 Å². The van der Waals surface area contributed by atoms with Gasteiger partial charge in [-0.1, -0.05) is 26.0 Å². The van der Waals surface area contributed by atoms with E-state index in [0.717, 1.165) is 17.7 Å². The van der Waals surface area contributed by atoms with Gasteiger partial charge in [-0.15, -0.1) is 11.3 Å². The van der Waals surface area contributed by atoms with Gasteiger partial charge in [-0.05, 0) is 54.0 Å². The minimum atomic E-state index is -0.482. The van der Waals surface area contributed by atoms with Gasteiger partial charge in [0.05, 0.1) is 25.3 Å². The fraction of sp³-hybridized carbons (Fsp3) is 0.560. The van der Waals surface area contributed by atoms with Gasteiger partial charge in [0.15, 0.2) is 0 Å². The highest BCUT2D eigenvalue weighted by Gasteiger charge is 2.33. The van der Waals surface area contributed by atoms with Crippen LogP contribution in [0, 0.1) is 12.8 Å². The standard InChI is InChI=1S/C25H36N2O4S/c1-18(2)23(28)15-26(11-12-30-4)16-25(29)27-10-8-24-21(9-13-32-24)22(27)17-31-20-7-5-6-19(3)14-20/h5-7,9,13-14,18,22-23,28H,8,10-12,15-17H2,1-4H3. The Morgan fingerprint density at radius 3 is 2.88 bits per heavy atom. The van der Waals surface area contributed by atoms with Crippen LogP contribution in [0.5, 0.6) is 5.75 Å². The van der Waals surface area contributed by atoms with Gasteiger partial charge in [0.25, 0.3) is 0 Å². The lowest BCUT2D eigenvalue weighted by Gasteiger charge is -2.37. The highest BCUT2D eigenvalue weighted by atomic mass is 32.1. The van der Waals surface area contributed by atoms with E-state index in [1.807, 2.05) is 54.8 Å². The van der Waals surface area contributed by atoms with Gasteiger partial charge in [-0.25, -0.2) is 0 Å². The lowest BCUT2D eigenvalue weighted by molar-refractivity contribution is -0.136. The molecule has 1 aromatic carbocycles. The summed E-state index contributed by atoms with van der Waals surface area (Å²) in [6.07, 6.45) is 0.386. The number of aliphatic hydroxyl groups is 1. The maximum atomic E-state index is 13.4. The number of thiophene rings is 1. The highest BCUT2D eigenvalue weighted by Crippen LogP contribution is 2.34. The number of aliphatic hydroxyl groups excluding tert-OH is 1. The topological polar surface area (TPSA) is 62.2 Å². The number of hydrogen-bond acceptors (Lipinski definition) is 6. The minimum absolute atomic E-state index is 0.0618. The number of nitrogens with zero attached hydrogens (tertiary/aromatic N) is 2. The molecule has 176 valence electrons. The molecule has 1 aliphatic rings. The van der Waals surface area contributed by atoms with Crippen LogP contribution < -0.4 is 4.74 Å². The number of hydrogen-bond donors (Lipinski definition) is 1. The number of carbonyl (C=O) groups is 1. The van der Waals surface area contributed by atoms with Crippen molar-refractivity contribution in [1.29, 1.82) is 0 Å². The summed E-state index contributed by atoms with van der Waals surface area (Å²) in [7, 11) is 1.65. The second-order valence-electron chi connectivity index (χ2n) is 8.82. The normalized spacial score (nSPS) is 17.0. The predicted octanol–water partition coefficient (Wildman–Crippen LogP) is 3.53. The van der Waals surface area contributed by atoms with Gasteiger partial charge >= 0.3 is 0 Å². The third-order valence-electron chi connectivity index (χ3n) is 6.00. The van der Waals surface area contributed by atoms with E-state index in [4.69, 9.17) is 9.47 Å². The maximum absolute atomic E-state index is 13.4. The molecule has 6 nitrogen and oxygen atoms in total. The second-order valence-corrected chi connectivity index (χ2v) is 9.82. The molecular weight excluding hydrogens is 424 g/mol. The van der Waals surface area contributed by atoms with Crippen molar-refractivity contribution in [3.05, 3.63) is 51.7 Å². The van der Waals surface area contributed by atoms with E-state index in [-0.39, 0.29) is 24.4 Å². The number of aryl methyl sites for hydroxylation is 1. The van der Waals surface area contributed by atoms with Crippen molar-refractivity contribution in [2.24, 2.45) is 5.92 Å². The van der Waals surface area contributed by atoms with E-state index in [1.54, 1.807) is 18.4 Å². The molecule has 2 unspecified atom stereocenters. The summed E-state index contributed by atoms with van der Waals surface area (Å²) in [5.74, 6) is 1.02. The molecule has 1 aromatic heterocycles. The van der Waals surface area contributed by atoms with Gasteiger partial charge in [-0.2, -0.15) is 0 Å². The fourth-order valence-electron chi connectivity index (χ4n) is 3.97. The summed E-state index contributed by atoms with van der Waals surface area (Å²) in [5.41, 5.74) is 2.33. The Balaban J connectivity index is 1.72. The Bertz CT molecular complexity index is 869. The number of fused-ring (bicyclic) bond motifs is 1. The van der Waals surface area contributed by atoms with Crippen molar-refractivity contribution < 1.29 is 19.4 Å². The van der Waals surface area contributed by atoms with E-state index in [1.165, 1.54) is 10.4 Å². The monoisotopic (exact) mass is 460 g/mol. The first-order chi connectivity index (χ1) is 15.4. The summed E-state index contributed by atoms with van der Waals surface area (Å²) in [4.78, 5) is 18.7. The van der Waals surface area contributed by atoms with Gasteiger partial charge in [0, 0.05) is 31.6 Å². The van der Waals surface area contributed by atoms with Crippen molar-refractivity contribution in [2.75, 3.05) is 46.5 Å². The second kappa shape index (κ2) is 11.8. The number of methoxy groups -OCH3 is 1. The molecule has 1 amide bonds. The number of ether oxygens (including phenoxy) is 2. The molecule has 32 heavy (non-hydrogen) atoms. The van der Waals surface area contributed by atoms with Crippen molar-refractivity contribution in [3.63, 3.8) is 0 Å². The Kier molecular flexibility index (Phi) is 9.11. The predicted molar refractivity (Wildman–Crippen MR) is 128 cm³/mol. The Morgan fingerprint density at radius 1 is 1.34 bits per heavy atom. The molecule has 2 aromatic rings. The molecule has 0 spiro atoms. The molecule has 2 atom stereocenters. The first-order valence-corrected chi connectivity index (χ1v) is 12.2. The largest absolute Gasteiger partial charge is 0.491 e. The Hall–Kier alpha value is -1.93. The average molecular weight is 461 g/mol. The summed E-state index contributed by atoms with van der Waals surface area (Å²) in [6.45, 7) is 8.96. The van der Waals surface area contributed by atoms with Crippen LogP contribution in [0.4, 0.5) is 0 Å². The maximum Gasteiger partial charge on any atom is 0.237 e. The molecule has 2 heterocycles. The first kappa shape index (κ1) is 24.7. The van der Waals surface area contributed by atoms with Gasteiger partial charge < -0.3 is 19.5 Å². The van der Waals surface area contributed by atoms with Crippen molar-refractivity contribution in [2.45, 2.75) is 39.3 Å². The smallest absolute Gasteiger partial charge is 0.237 e. The lowest BCUT2D eigenvalue weighted by Crippen LogP contribution is -2.48. The van der Waals surface area contributed by atoms with Gasteiger partial charge in [0.1, 0.15) is 12.4 Å². The van der Waals surface area contributed by atoms with Crippen molar-refractivity contribution >= 4 is 17.2 Å². The Labute approximate surface area is 195 Å². The van der Waals surface area contributed by atoms with E-state index in [0.29, 0.717) is 32.8 Å². The van der Waals surface area contributed by atoms with Crippen LogP contribution in [0.2, 0.25) is 0 Å². The van der Waals surface area contributed by atoms with Gasteiger partial charge in [-0.3, -0.25) is 9.69 Å². The van der Waals surface area contributed by atoms with E-state index < -0.39 is 6.10 Å². The SMILES string of the molecule is COCCN(CC(=O)N1CCc2sccc2C1COc1cccc(C)c1)CC(O)C(C)C. The summed E-state index contributed by atoms with van der Waals surface area (Å²) in [5, 5.41) is 12.5. The lowest BCUT2D eigenvalue weighted by atomic mass is 10.00. The average Bonchev–Trinajstić information content (AvgIpc) is 3.24. The zero-order valence-corrected chi connectivity index (χ0v) is 20.4. The quantitative estimate of drug-likeness (QED) is 0.556. The highest BCUT2D eigenvalue weighted by molar-refractivity contribution is 7.10. The van der Waals surface area contributed by atoms with Crippen LogP contribution in [0.25, 0.3) is 0 Å². The van der Waals surface area contributed by atoms with E-state index in [2.05, 4.69) is 11.4 Å². The molecule has 0 saturated heterocycles. The molecular formula is C25H36N2O4S. The van der Waals surface area contributed by atoms with Crippen LogP contribution >= 0.6 is 11.3 Å². The minimum Gasteiger partial charge on any atom is -0.491 e. The number of rotatable bonds is 11. The van der Waals surface area contributed by atoms with Crippen molar-refractivity contribution in [3.8, 4) is 5.75 Å². The van der Waals surface area contributed by atoms with Crippen LogP contribution in [0.1, 0.15) is 35.9 Å². The fourth-order valence-corrected chi connectivity index (χ4v) is 4.90.